The van der Waals surface area contributed by atoms with Crippen LogP contribution < -0.4 is 0 Å². The van der Waals surface area contributed by atoms with Crippen molar-refractivity contribution in [1.29, 1.82) is 0 Å². The van der Waals surface area contributed by atoms with Crippen LogP contribution in [0.2, 0.25) is 0 Å². The van der Waals surface area contributed by atoms with Crippen LogP contribution in [0.5, 0.6) is 0 Å². The van der Waals surface area contributed by atoms with Crippen LogP contribution in [-0.2, 0) is 28.6 Å². The fourth-order valence-corrected chi connectivity index (χ4v) is 7.33. The highest BCUT2D eigenvalue weighted by molar-refractivity contribution is 5.71. The molecule has 0 aliphatic carbocycles. The Kier molecular flexibility index (Phi) is 48.4. The zero-order chi connectivity index (χ0) is 45.1. The SMILES string of the molecule is CC/C=C/C/C=C/C/C=C/CCCCCCC(=O)OC(COC(=O)CC/C=C/C/C=C/CCCCCCCC)COC(=O)CCCCCCCCCCCCCCCCCCC. The number of esters is 3. The Bertz CT molecular complexity index is 1130. The molecule has 0 aliphatic heterocycles. The lowest BCUT2D eigenvalue weighted by atomic mass is 10.0. The van der Waals surface area contributed by atoms with Crippen molar-refractivity contribution in [3.63, 3.8) is 0 Å². The standard InChI is InChI=1S/C56H98O6/c1-4-7-10-13-16-19-22-25-27-28-29-32-34-37-40-43-46-49-55(58)61-52-53(51-60-54(57)48-45-42-39-36-33-30-24-21-18-15-12-9-6-3)62-56(59)50-47-44-41-38-35-31-26-23-20-17-14-11-8-5-2/h8,11,17,20,26,30-31,33,39,42,53H,4-7,9-10,12-16,18-19,21-25,27-29,32,34-38,40-41,43-52H2,1-3H3/b11-8+,20-17+,31-26+,33-30+,42-39+. The molecule has 6 heteroatoms. The van der Waals surface area contributed by atoms with Crippen molar-refractivity contribution in [1.82, 2.24) is 0 Å². The average molecular weight is 867 g/mol. The van der Waals surface area contributed by atoms with Crippen molar-refractivity contribution in [2.24, 2.45) is 0 Å². The van der Waals surface area contributed by atoms with E-state index in [9.17, 15) is 14.4 Å². The highest BCUT2D eigenvalue weighted by Crippen LogP contribution is 2.15. The van der Waals surface area contributed by atoms with E-state index in [0.29, 0.717) is 19.3 Å². The minimum absolute atomic E-state index is 0.0985. The van der Waals surface area contributed by atoms with Gasteiger partial charge in [0.05, 0.1) is 0 Å². The van der Waals surface area contributed by atoms with Gasteiger partial charge in [0.25, 0.3) is 0 Å². The van der Waals surface area contributed by atoms with E-state index in [1.54, 1.807) is 0 Å². The van der Waals surface area contributed by atoms with E-state index in [4.69, 9.17) is 14.2 Å². The van der Waals surface area contributed by atoms with Crippen LogP contribution in [0.1, 0.15) is 258 Å². The first-order chi connectivity index (χ1) is 30.5. The van der Waals surface area contributed by atoms with Gasteiger partial charge in [0.2, 0.25) is 0 Å². The van der Waals surface area contributed by atoms with Crippen molar-refractivity contribution >= 4 is 17.9 Å². The Morgan fingerprint density at radius 3 is 1.08 bits per heavy atom. The fourth-order valence-electron chi connectivity index (χ4n) is 7.33. The predicted octanol–water partition coefficient (Wildman–Crippen LogP) is 17.3. The molecule has 6 nitrogen and oxygen atoms in total. The Hall–Kier alpha value is -2.89. The van der Waals surface area contributed by atoms with Gasteiger partial charge >= 0.3 is 17.9 Å². The molecule has 0 N–H and O–H groups in total. The number of ether oxygens (including phenoxy) is 3. The molecule has 0 heterocycles. The maximum absolute atomic E-state index is 12.8. The number of hydrogen-bond donors (Lipinski definition) is 0. The van der Waals surface area contributed by atoms with Crippen LogP contribution in [0.4, 0.5) is 0 Å². The lowest BCUT2D eigenvalue weighted by molar-refractivity contribution is -0.166. The third-order valence-electron chi connectivity index (χ3n) is 11.3. The van der Waals surface area contributed by atoms with Gasteiger partial charge in [-0.1, -0.05) is 229 Å². The van der Waals surface area contributed by atoms with Gasteiger partial charge in [-0.3, -0.25) is 14.4 Å². The predicted molar refractivity (Wildman–Crippen MR) is 265 cm³/mol. The second-order valence-electron chi connectivity index (χ2n) is 17.4. The van der Waals surface area contributed by atoms with Gasteiger partial charge < -0.3 is 14.2 Å². The summed E-state index contributed by atoms with van der Waals surface area (Å²) in [5.74, 6) is -0.986. The minimum atomic E-state index is -0.805. The van der Waals surface area contributed by atoms with Crippen molar-refractivity contribution in [2.45, 2.75) is 264 Å². The molecule has 0 saturated heterocycles. The van der Waals surface area contributed by atoms with Crippen molar-refractivity contribution in [2.75, 3.05) is 13.2 Å². The minimum Gasteiger partial charge on any atom is -0.462 e. The van der Waals surface area contributed by atoms with E-state index in [0.717, 1.165) is 83.5 Å². The second-order valence-corrected chi connectivity index (χ2v) is 17.4. The van der Waals surface area contributed by atoms with Crippen LogP contribution >= 0.6 is 0 Å². The van der Waals surface area contributed by atoms with Gasteiger partial charge in [0, 0.05) is 19.3 Å². The smallest absolute Gasteiger partial charge is 0.306 e. The van der Waals surface area contributed by atoms with Crippen molar-refractivity contribution in [3.8, 4) is 0 Å². The number of rotatable bonds is 47. The van der Waals surface area contributed by atoms with E-state index in [-0.39, 0.29) is 37.5 Å². The summed E-state index contributed by atoms with van der Waals surface area (Å²) in [4.78, 5) is 37.9. The summed E-state index contributed by atoms with van der Waals surface area (Å²) in [6.45, 7) is 6.46. The highest BCUT2D eigenvalue weighted by atomic mass is 16.6. The molecule has 0 saturated carbocycles. The van der Waals surface area contributed by atoms with Crippen LogP contribution in [-0.4, -0.2) is 37.2 Å². The number of carbonyl (C=O) groups excluding carboxylic acids is 3. The third kappa shape index (κ3) is 48.1. The molecule has 62 heavy (non-hydrogen) atoms. The van der Waals surface area contributed by atoms with Gasteiger partial charge in [-0.15, -0.1) is 0 Å². The molecule has 0 aromatic rings. The molecule has 358 valence electrons. The van der Waals surface area contributed by atoms with Gasteiger partial charge in [-0.05, 0) is 70.6 Å². The number of allylic oxidation sites excluding steroid dienone is 10. The largest absolute Gasteiger partial charge is 0.462 e. The summed E-state index contributed by atoms with van der Waals surface area (Å²) in [6, 6.07) is 0. The molecule has 0 bridgehead atoms. The summed E-state index contributed by atoms with van der Waals surface area (Å²) in [7, 11) is 0. The summed E-state index contributed by atoms with van der Waals surface area (Å²) in [5, 5.41) is 0. The van der Waals surface area contributed by atoms with Crippen LogP contribution in [0.25, 0.3) is 0 Å². The van der Waals surface area contributed by atoms with Crippen LogP contribution in [0, 0.1) is 0 Å². The van der Waals surface area contributed by atoms with E-state index >= 15 is 0 Å². The van der Waals surface area contributed by atoms with Crippen molar-refractivity contribution < 1.29 is 28.6 Å². The summed E-state index contributed by atoms with van der Waals surface area (Å²) in [5.41, 5.74) is 0. The molecule has 0 rings (SSSR count). The molecule has 0 aromatic heterocycles. The Labute approximate surface area is 383 Å². The second kappa shape index (κ2) is 50.8. The fraction of sp³-hybridized carbons (Fsp3) is 0.768. The highest BCUT2D eigenvalue weighted by Gasteiger charge is 2.19. The van der Waals surface area contributed by atoms with E-state index in [2.05, 4.69) is 75.5 Å². The molecule has 0 amide bonds. The first-order valence-corrected chi connectivity index (χ1v) is 26.3. The lowest BCUT2D eigenvalue weighted by Crippen LogP contribution is -2.30. The average Bonchev–Trinajstić information content (AvgIpc) is 3.27. The van der Waals surface area contributed by atoms with Gasteiger partial charge in [0.1, 0.15) is 13.2 Å². The first-order valence-electron chi connectivity index (χ1n) is 26.3. The van der Waals surface area contributed by atoms with Gasteiger partial charge in [0.15, 0.2) is 6.10 Å². The molecular formula is C56H98O6. The van der Waals surface area contributed by atoms with Crippen LogP contribution in [0.3, 0.4) is 0 Å². The molecule has 0 radical (unpaired) electrons. The number of carbonyl (C=O) groups is 3. The lowest BCUT2D eigenvalue weighted by Gasteiger charge is -2.18. The van der Waals surface area contributed by atoms with Gasteiger partial charge in [-0.25, -0.2) is 0 Å². The summed E-state index contributed by atoms with van der Waals surface area (Å²) >= 11 is 0. The molecule has 1 unspecified atom stereocenters. The zero-order valence-electron chi connectivity index (χ0n) is 40.9. The summed E-state index contributed by atoms with van der Waals surface area (Å²) < 4.78 is 16.7. The normalized spacial score (nSPS) is 12.5. The quantitative estimate of drug-likeness (QED) is 0.0262. The Morgan fingerprint density at radius 2 is 0.661 bits per heavy atom. The monoisotopic (exact) mass is 867 g/mol. The number of hydrogen-bond acceptors (Lipinski definition) is 6. The van der Waals surface area contributed by atoms with Gasteiger partial charge in [-0.2, -0.15) is 0 Å². The van der Waals surface area contributed by atoms with Crippen LogP contribution in [0.15, 0.2) is 60.8 Å². The summed E-state index contributed by atoms with van der Waals surface area (Å²) in [6.07, 6.45) is 62.2. The molecule has 0 spiro atoms. The topological polar surface area (TPSA) is 78.9 Å². The Balaban J connectivity index is 4.43. The first kappa shape index (κ1) is 59.1. The zero-order valence-corrected chi connectivity index (χ0v) is 40.9. The van der Waals surface area contributed by atoms with Crippen molar-refractivity contribution in [3.05, 3.63) is 60.8 Å². The maximum Gasteiger partial charge on any atom is 0.306 e. The van der Waals surface area contributed by atoms with E-state index < -0.39 is 6.10 Å². The molecule has 0 aromatic carbocycles. The number of unbranched alkanes of at least 4 members (excludes halogenated alkanes) is 26. The third-order valence-corrected chi connectivity index (χ3v) is 11.3. The molecular weight excluding hydrogens is 769 g/mol. The Morgan fingerprint density at radius 1 is 0.339 bits per heavy atom. The molecule has 1 atom stereocenters. The maximum atomic E-state index is 12.8. The van der Waals surface area contributed by atoms with E-state index in [1.165, 1.54) is 128 Å². The van der Waals surface area contributed by atoms with E-state index in [1.807, 2.05) is 6.08 Å². The molecule has 0 aliphatic rings. The molecule has 0 fully saturated rings.